The van der Waals surface area contributed by atoms with Gasteiger partial charge in [0.2, 0.25) is 0 Å². The molecule has 2 heterocycles. The summed E-state index contributed by atoms with van der Waals surface area (Å²) in [6.45, 7) is 3.90. The number of benzene rings is 1. The van der Waals surface area contributed by atoms with Crippen molar-refractivity contribution in [1.82, 2.24) is 9.97 Å². The van der Waals surface area contributed by atoms with Gasteiger partial charge in [-0.15, -0.1) is 11.3 Å². The van der Waals surface area contributed by atoms with E-state index < -0.39 is 12.0 Å². The summed E-state index contributed by atoms with van der Waals surface area (Å²) < 4.78 is 0. The fourth-order valence-corrected chi connectivity index (χ4v) is 3.44. The van der Waals surface area contributed by atoms with Crippen molar-refractivity contribution in [1.29, 1.82) is 0 Å². The number of thiophene rings is 1. The Morgan fingerprint density at radius 2 is 2.04 bits per heavy atom. The third-order valence-corrected chi connectivity index (χ3v) is 4.74. The Balaban J connectivity index is 2.05. The second-order valence-corrected chi connectivity index (χ2v) is 6.35. The van der Waals surface area contributed by atoms with Gasteiger partial charge >= 0.3 is 5.97 Å². The Labute approximate surface area is 138 Å². The van der Waals surface area contributed by atoms with Crippen LogP contribution in [0.15, 0.2) is 36.4 Å². The molecule has 2 N–H and O–H groups in total. The molecule has 3 rings (SSSR count). The first-order valence-corrected chi connectivity index (χ1v) is 8.21. The first-order valence-electron chi connectivity index (χ1n) is 7.40. The van der Waals surface area contributed by atoms with Crippen molar-refractivity contribution < 1.29 is 9.90 Å². The number of anilines is 1. The molecule has 0 spiro atoms. The van der Waals surface area contributed by atoms with E-state index in [0.29, 0.717) is 17.2 Å². The van der Waals surface area contributed by atoms with Gasteiger partial charge in [0.15, 0.2) is 6.04 Å². The molecular weight excluding hydrogens is 310 g/mol. The van der Waals surface area contributed by atoms with Crippen LogP contribution in [0.25, 0.3) is 10.2 Å². The molecule has 3 aromatic rings. The molecule has 0 saturated carbocycles. The van der Waals surface area contributed by atoms with E-state index in [2.05, 4.69) is 22.2 Å². The van der Waals surface area contributed by atoms with E-state index >= 15 is 0 Å². The van der Waals surface area contributed by atoms with Crippen LogP contribution in [0, 0.1) is 6.92 Å². The van der Waals surface area contributed by atoms with Crippen LogP contribution in [-0.2, 0) is 11.2 Å². The van der Waals surface area contributed by atoms with Gasteiger partial charge in [-0.25, -0.2) is 14.8 Å². The molecule has 0 saturated heterocycles. The van der Waals surface area contributed by atoms with Gasteiger partial charge < -0.3 is 10.4 Å². The highest BCUT2D eigenvalue weighted by molar-refractivity contribution is 7.18. The predicted molar refractivity (Wildman–Crippen MR) is 92.0 cm³/mol. The monoisotopic (exact) mass is 327 g/mol. The lowest BCUT2D eigenvalue weighted by atomic mass is 10.1. The van der Waals surface area contributed by atoms with Crippen molar-refractivity contribution in [3.8, 4) is 0 Å². The number of aromatic nitrogens is 2. The molecule has 2 aromatic heterocycles. The van der Waals surface area contributed by atoms with Crippen LogP contribution in [0.3, 0.4) is 0 Å². The van der Waals surface area contributed by atoms with E-state index in [-0.39, 0.29) is 0 Å². The summed E-state index contributed by atoms with van der Waals surface area (Å²) in [5.41, 5.74) is 0.690. The van der Waals surface area contributed by atoms with E-state index in [4.69, 9.17) is 0 Å². The number of carboxylic acids is 1. The highest BCUT2D eigenvalue weighted by Gasteiger charge is 2.21. The summed E-state index contributed by atoms with van der Waals surface area (Å²) in [7, 11) is 0. The Morgan fingerprint density at radius 3 is 2.70 bits per heavy atom. The maximum absolute atomic E-state index is 11.7. The van der Waals surface area contributed by atoms with Crippen molar-refractivity contribution in [2.45, 2.75) is 26.3 Å². The number of carbonyl (C=O) groups is 1. The summed E-state index contributed by atoms with van der Waals surface area (Å²) in [5, 5.41) is 13.5. The third-order valence-electron chi connectivity index (χ3n) is 3.56. The Bertz CT molecular complexity index is 846. The summed E-state index contributed by atoms with van der Waals surface area (Å²) >= 11 is 1.62. The van der Waals surface area contributed by atoms with Gasteiger partial charge in [0, 0.05) is 4.88 Å². The van der Waals surface area contributed by atoms with Crippen LogP contribution in [0.1, 0.15) is 29.2 Å². The highest BCUT2D eigenvalue weighted by Crippen LogP contribution is 2.31. The largest absolute Gasteiger partial charge is 0.479 e. The average molecular weight is 327 g/mol. The van der Waals surface area contributed by atoms with Gasteiger partial charge in [-0.05, 0) is 25.0 Å². The maximum Gasteiger partial charge on any atom is 0.330 e. The molecule has 23 heavy (non-hydrogen) atoms. The molecule has 0 bridgehead atoms. The summed E-state index contributed by atoms with van der Waals surface area (Å²) in [5.74, 6) is 0.257. The van der Waals surface area contributed by atoms with Crippen LogP contribution >= 0.6 is 11.3 Å². The van der Waals surface area contributed by atoms with Crippen molar-refractivity contribution in [2.75, 3.05) is 5.32 Å². The van der Waals surface area contributed by atoms with Crippen molar-refractivity contribution >= 4 is 33.3 Å². The predicted octanol–water partition coefficient (Wildman–Crippen LogP) is 3.80. The molecule has 5 nitrogen and oxygen atoms in total. The molecule has 6 heteroatoms. The summed E-state index contributed by atoms with van der Waals surface area (Å²) in [4.78, 5) is 22.6. The van der Waals surface area contributed by atoms with Crippen LogP contribution in [0.4, 0.5) is 5.82 Å². The van der Waals surface area contributed by atoms with Gasteiger partial charge in [-0.3, -0.25) is 0 Å². The smallest absolute Gasteiger partial charge is 0.330 e. The average Bonchev–Trinajstić information content (AvgIpc) is 2.96. The fraction of sp³-hybridized carbons (Fsp3) is 0.235. The van der Waals surface area contributed by atoms with Gasteiger partial charge in [-0.2, -0.15) is 0 Å². The van der Waals surface area contributed by atoms with E-state index in [1.165, 1.54) is 4.88 Å². The summed E-state index contributed by atoms with van der Waals surface area (Å²) in [6.07, 6.45) is 0.917. The van der Waals surface area contributed by atoms with Crippen LogP contribution in [-0.4, -0.2) is 21.0 Å². The molecule has 118 valence electrons. The van der Waals surface area contributed by atoms with Gasteiger partial charge in [0.1, 0.15) is 16.5 Å². The quantitative estimate of drug-likeness (QED) is 0.745. The number of hydrogen-bond donors (Lipinski definition) is 2. The highest BCUT2D eigenvalue weighted by atomic mass is 32.1. The van der Waals surface area contributed by atoms with Crippen LogP contribution in [0.5, 0.6) is 0 Å². The van der Waals surface area contributed by atoms with E-state index in [9.17, 15) is 9.90 Å². The number of aliphatic carboxylic acids is 1. The Hall–Kier alpha value is -2.47. The second-order valence-electron chi connectivity index (χ2n) is 5.23. The van der Waals surface area contributed by atoms with Gasteiger partial charge in [0.25, 0.3) is 0 Å². The fourth-order valence-electron chi connectivity index (χ4n) is 2.43. The minimum atomic E-state index is -0.938. The van der Waals surface area contributed by atoms with Crippen LogP contribution in [0.2, 0.25) is 0 Å². The maximum atomic E-state index is 11.7. The first-order chi connectivity index (χ1) is 11.1. The van der Waals surface area contributed by atoms with E-state index in [1.54, 1.807) is 23.5 Å². The second kappa shape index (κ2) is 6.34. The Kier molecular flexibility index (Phi) is 4.25. The van der Waals surface area contributed by atoms with Crippen molar-refractivity contribution in [2.24, 2.45) is 0 Å². The lowest BCUT2D eigenvalue weighted by molar-refractivity contribution is -0.138. The number of nitrogens with one attached hydrogen (secondary N) is 1. The molecule has 0 aliphatic heterocycles. The summed E-state index contributed by atoms with van der Waals surface area (Å²) in [6, 6.07) is 10.3. The van der Waals surface area contributed by atoms with Crippen molar-refractivity contribution in [3.63, 3.8) is 0 Å². The molecular formula is C17H17N3O2S. The molecule has 0 amide bonds. The van der Waals surface area contributed by atoms with E-state index in [1.807, 2.05) is 31.2 Å². The zero-order valence-electron chi connectivity index (χ0n) is 12.9. The lowest BCUT2D eigenvalue weighted by Crippen LogP contribution is -2.21. The number of fused-ring (bicyclic) bond motifs is 1. The van der Waals surface area contributed by atoms with Crippen molar-refractivity contribution in [3.05, 3.63) is 52.7 Å². The normalized spacial score (nSPS) is 12.3. The topological polar surface area (TPSA) is 75.1 Å². The van der Waals surface area contributed by atoms with E-state index in [0.717, 1.165) is 16.6 Å². The SMILES string of the molecule is CCc1cc2c(NC(C(=O)O)c3ccccc3)nc(C)nc2s1. The molecule has 0 aliphatic rings. The standard InChI is InChI=1S/C17H17N3O2S/c1-3-12-9-13-15(18-10(2)19-16(13)23-12)20-14(17(21)22)11-7-5-4-6-8-11/h4-9,14H,3H2,1-2H3,(H,21,22)(H,18,19,20). The molecule has 0 radical (unpaired) electrons. The minimum Gasteiger partial charge on any atom is -0.479 e. The molecule has 0 fully saturated rings. The number of carboxylic acid groups (broad SMARTS) is 1. The zero-order chi connectivity index (χ0) is 16.4. The number of nitrogens with zero attached hydrogens (tertiary/aromatic N) is 2. The molecule has 1 atom stereocenters. The number of aryl methyl sites for hydroxylation is 2. The van der Waals surface area contributed by atoms with Gasteiger partial charge in [0.05, 0.1) is 5.39 Å². The number of rotatable bonds is 5. The molecule has 1 aromatic carbocycles. The minimum absolute atomic E-state index is 0.569. The van der Waals surface area contributed by atoms with Crippen LogP contribution < -0.4 is 5.32 Å². The molecule has 0 aliphatic carbocycles. The first kappa shape index (κ1) is 15.4. The number of hydrogen-bond acceptors (Lipinski definition) is 5. The zero-order valence-corrected chi connectivity index (χ0v) is 13.7. The Morgan fingerprint density at radius 1 is 1.30 bits per heavy atom. The third kappa shape index (κ3) is 3.17. The van der Waals surface area contributed by atoms with Gasteiger partial charge in [-0.1, -0.05) is 37.3 Å². The molecule has 1 unspecified atom stereocenters. The lowest BCUT2D eigenvalue weighted by Gasteiger charge is -2.16.